The van der Waals surface area contributed by atoms with Crippen molar-refractivity contribution in [1.29, 1.82) is 0 Å². The van der Waals surface area contributed by atoms with E-state index in [0.717, 1.165) is 0 Å². The van der Waals surface area contributed by atoms with E-state index in [4.69, 9.17) is 0 Å². The zero-order valence-electron chi connectivity index (χ0n) is 5.50. The molecule has 3 nitrogen and oxygen atoms in total. The van der Waals surface area contributed by atoms with Gasteiger partial charge in [0.05, 0.1) is 12.1 Å². The van der Waals surface area contributed by atoms with Gasteiger partial charge in [0.2, 0.25) is 0 Å². The van der Waals surface area contributed by atoms with Crippen LogP contribution in [0.25, 0.3) is 0 Å². The van der Waals surface area contributed by atoms with Crippen LogP contribution in [-0.2, 0) is 0 Å². The molecule has 0 radical (unpaired) electrons. The molecule has 0 aromatic carbocycles. The van der Waals surface area contributed by atoms with Gasteiger partial charge < -0.3 is 0 Å². The van der Waals surface area contributed by atoms with Gasteiger partial charge in [0.15, 0.2) is 0 Å². The van der Waals surface area contributed by atoms with Crippen LogP contribution >= 0.6 is 0 Å². The van der Waals surface area contributed by atoms with Crippen LogP contribution in [0.2, 0.25) is 0 Å². The summed E-state index contributed by atoms with van der Waals surface area (Å²) in [6.45, 7) is 4.18. The highest BCUT2D eigenvalue weighted by Gasteiger charge is 2.20. The number of hydrogen-bond acceptors (Lipinski definition) is 3. The van der Waals surface area contributed by atoms with Crippen LogP contribution in [0.4, 0.5) is 0 Å². The van der Waals surface area contributed by atoms with E-state index in [9.17, 15) is 0 Å². The molecular weight excluding hydrogens is 102 g/mol. The zero-order chi connectivity index (χ0) is 6.15. The maximum atomic E-state index is 3.95. The van der Waals surface area contributed by atoms with Gasteiger partial charge >= 0.3 is 0 Å². The Labute approximate surface area is 49.4 Å². The lowest BCUT2D eigenvalue weighted by molar-refractivity contribution is 0.292. The summed E-state index contributed by atoms with van der Waals surface area (Å²) < 4.78 is 0. The summed E-state index contributed by atoms with van der Waals surface area (Å²) in [5, 5.41) is 9.69. The fourth-order valence-corrected chi connectivity index (χ4v) is 0.653. The quantitative estimate of drug-likeness (QED) is 0.462. The summed E-state index contributed by atoms with van der Waals surface area (Å²) in [5.74, 6) is 0. The largest absolute Gasteiger partial charge is 0.277 e. The molecule has 0 saturated carbocycles. The second-order valence-corrected chi connectivity index (χ2v) is 2.26. The van der Waals surface area contributed by atoms with Crippen molar-refractivity contribution in [3.63, 3.8) is 0 Å². The van der Waals surface area contributed by atoms with E-state index in [0.29, 0.717) is 12.1 Å². The summed E-state index contributed by atoms with van der Waals surface area (Å²) in [7, 11) is 1.94. The summed E-state index contributed by atoms with van der Waals surface area (Å²) in [6.07, 6.45) is 0. The third-order valence-corrected chi connectivity index (χ3v) is 1.66. The Kier molecular flexibility index (Phi) is 1.19. The Morgan fingerprint density at radius 2 is 2.00 bits per heavy atom. The van der Waals surface area contributed by atoms with Crippen molar-refractivity contribution in [2.24, 2.45) is 10.3 Å². The Balaban J connectivity index is 2.55. The summed E-state index contributed by atoms with van der Waals surface area (Å²) >= 11 is 0. The monoisotopic (exact) mass is 113 g/mol. The summed E-state index contributed by atoms with van der Waals surface area (Å²) in [5.41, 5.74) is 0. The van der Waals surface area contributed by atoms with Crippen molar-refractivity contribution >= 4 is 0 Å². The van der Waals surface area contributed by atoms with Crippen LogP contribution < -0.4 is 0 Å². The molecule has 0 spiro atoms. The van der Waals surface area contributed by atoms with Crippen LogP contribution in [0, 0.1) is 0 Å². The Hall–Kier alpha value is -0.600. The van der Waals surface area contributed by atoms with E-state index in [1.165, 1.54) is 0 Å². The van der Waals surface area contributed by atoms with Crippen LogP contribution in [-0.4, -0.2) is 24.1 Å². The first kappa shape index (κ1) is 5.54. The smallest absolute Gasteiger partial charge is 0.0918 e. The first-order chi connectivity index (χ1) is 3.72. The highest BCUT2D eigenvalue weighted by Crippen LogP contribution is 2.13. The third-order valence-electron chi connectivity index (χ3n) is 1.66. The van der Waals surface area contributed by atoms with Gasteiger partial charge in [0, 0.05) is 7.05 Å². The number of hydrogen-bond donors (Lipinski definition) is 0. The molecule has 46 valence electrons. The molecule has 0 N–H and O–H groups in total. The van der Waals surface area contributed by atoms with Crippen molar-refractivity contribution < 1.29 is 0 Å². The van der Waals surface area contributed by atoms with E-state index in [1.807, 2.05) is 12.1 Å². The predicted molar refractivity (Wildman–Crippen MR) is 31.5 cm³/mol. The van der Waals surface area contributed by atoms with Gasteiger partial charge in [0.1, 0.15) is 0 Å². The lowest BCUT2D eigenvalue weighted by Gasteiger charge is -2.13. The fraction of sp³-hybridized carbons (Fsp3) is 1.00. The first-order valence-electron chi connectivity index (χ1n) is 2.85. The number of likely N-dealkylation sites (N-methyl/N-ethyl adjacent to an activating group) is 1. The second-order valence-electron chi connectivity index (χ2n) is 2.26. The average molecular weight is 113 g/mol. The number of nitrogens with zero attached hydrogens (tertiary/aromatic N) is 3. The van der Waals surface area contributed by atoms with E-state index in [-0.39, 0.29) is 0 Å². The van der Waals surface area contributed by atoms with E-state index < -0.39 is 0 Å². The van der Waals surface area contributed by atoms with Gasteiger partial charge in [-0.25, -0.2) is 0 Å². The molecule has 1 unspecified atom stereocenters. The Bertz CT molecular complexity index is 98.2. The van der Waals surface area contributed by atoms with E-state index in [1.54, 1.807) is 0 Å². The molecule has 0 fully saturated rings. The lowest BCUT2D eigenvalue weighted by atomic mass is 10.2. The molecule has 1 aliphatic rings. The molecule has 2 atom stereocenters. The molecule has 8 heavy (non-hydrogen) atoms. The van der Waals surface area contributed by atoms with Gasteiger partial charge in [-0.3, -0.25) is 5.01 Å². The van der Waals surface area contributed by atoms with Crippen molar-refractivity contribution in [3.8, 4) is 0 Å². The molecule has 0 bridgehead atoms. The third kappa shape index (κ3) is 0.680. The van der Waals surface area contributed by atoms with Gasteiger partial charge in [-0.15, -0.1) is 0 Å². The molecule has 0 aromatic heterocycles. The lowest BCUT2D eigenvalue weighted by Crippen LogP contribution is -2.26. The minimum absolute atomic E-state index is 0.375. The van der Waals surface area contributed by atoms with Gasteiger partial charge in [-0.2, -0.15) is 5.11 Å². The van der Waals surface area contributed by atoms with E-state index >= 15 is 0 Å². The fourth-order valence-electron chi connectivity index (χ4n) is 0.653. The standard InChI is InChI=1S/C5H11N3/c1-4-5(2)8(3)7-6-4/h4-5H,1-3H3/t4-,5?/m0/s1. The predicted octanol–water partition coefficient (Wildman–Crippen LogP) is 1.08. The van der Waals surface area contributed by atoms with Crippen LogP contribution in [0.3, 0.4) is 0 Å². The summed E-state index contributed by atoms with van der Waals surface area (Å²) in [6, 6.07) is 0.856. The molecule has 0 saturated heterocycles. The molecular formula is C5H11N3. The SMILES string of the molecule is CC1[C@H](C)N=NN1C. The summed E-state index contributed by atoms with van der Waals surface area (Å²) in [4.78, 5) is 0. The average Bonchev–Trinajstić information content (AvgIpc) is 1.98. The maximum Gasteiger partial charge on any atom is 0.0918 e. The van der Waals surface area contributed by atoms with Crippen LogP contribution in [0.15, 0.2) is 10.3 Å². The molecule has 3 heteroatoms. The minimum atomic E-state index is 0.375. The Morgan fingerprint density at radius 3 is 2.12 bits per heavy atom. The van der Waals surface area contributed by atoms with Crippen molar-refractivity contribution in [1.82, 2.24) is 5.01 Å². The van der Waals surface area contributed by atoms with Crippen molar-refractivity contribution in [2.45, 2.75) is 25.9 Å². The molecule has 1 rings (SSSR count). The highest BCUT2D eigenvalue weighted by atomic mass is 15.6. The van der Waals surface area contributed by atoms with Gasteiger partial charge in [-0.05, 0) is 13.8 Å². The van der Waals surface area contributed by atoms with Crippen LogP contribution in [0.1, 0.15) is 13.8 Å². The maximum absolute atomic E-state index is 3.95. The van der Waals surface area contributed by atoms with Crippen molar-refractivity contribution in [2.75, 3.05) is 7.05 Å². The van der Waals surface area contributed by atoms with Gasteiger partial charge in [0.25, 0.3) is 0 Å². The molecule has 0 aliphatic carbocycles. The molecule has 0 aromatic rings. The molecule has 1 aliphatic heterocycles. The number of rotatable bonds is 0. The zero-order valence-corrected chi connectivity index (χ0v) is 5.50. The topological polar surface area (TPSA) is 28.0 Å². The Morgan fingerprint density at radius 1 is 1.38 bits per heavy atom. The second kappa shape index (κ2) is 1.73. The van der Waals surface area contributed by atoms with Crippen LogP contribution in [0.5, 0.6) is 0 Å². The normalized spacial score (nSPS) is 36.6. The van der Waals surface area contributed by atoms with Crippen molar-refractivity contribution in [3.05, 3.63) is 0 Å². The first-order valence-corrected chi connectivity index (χ1v) is 2.85. The van der Waals surface area contributed by atoms with E-state index in [2.05, 4.69) is 24.2 Å². The molecule has 0 amide bonds. The van der Waals surface area contributed by atoms with Gasteiger partial charge in [-0.1, -0.05) is 5.22 Å². The highest BCUT2D eigenvalue weighted by molar-refractivity contribution is 4.75. The minimum Gasteiger partial charge on any atom is -0.277 e. The molecule has 1 heterocycles.